The fourth-order valence-electron chi connectivity index (χ4n) is 3.29. The number of nitrogens with zero attached hydrogens (tertiary/aromatic N) is 2. The van der Waals surface area contributed by atoms with Crippen molar-refractivity contribution in [1.82, 2.24) is 15.2 Å². The van der Waals surface area contributed by atoms with Gasteiger partial charge in [0.05, 0.1) is 26.0 Å². The maximum Gasteiger partial charge on any atom is 0.127 e. The predicted molar refractivity (Wildman–Crippen MR) is 94.8 cm³/mol. The summed E-state index contributed by atoms with van der Waals surface area (Å²) in [5.74, 6) is 1.63. The molecule has 0 spiro atoms. The minimum Gasteiger partial charge on any atom is -0.497 e. The summed E-state index contributed by atoms with van der Waals surface area (Å²) in [5, 5.41) is 3.42. The Labute approximate surface area is 143 Å². The normalized spacial score (nSPS) is 16.6. The quantitative estimate of drug-likeness (QED) is 0.914. The van der Waals surface area contributed by atoms with E-state index in [4.69, 9.17) is 14.5 Å². The molecule has 128 valence electrons. The highest BCUT2D eigenvalue weighted by Crippen LogP contribution is 2.37. The minimum absolute atomic E-state index is 0.0779. The molecule has 24 heavy (non-hydrogen) atoms. The lowest BCUT2D eigenvalue weighted by molar-refractivity contribution is 0.192. The molecule has 0 aliphatic carbocycles. The molecular formula is C19H25N3O2. The maximum atomic E-state index is 5.67. The molecule has 1 fully saturated rings. The number of pyridine rings is 1. The first-order valence-electron chi connectivity index (χ1n) is 8.33. The summed E-state index contributed by atoms with van der Waals surface area (Å²) >= 11 is 0. The SMILES string of the molecule is COc1ccc(C(c2ncccc2C)N2CCNCC2)c(OC)c1. The Bertz CT molecular complexity index is 684. The number of aryl methyl sites for hydroxylation is 1. The molecule has 1 atom stereocenters. The smallest absolute Gasteiger partial charge is 0.127 e. The van der Waals surface area contributed by atoms with Crippen LogP contribution in [0.5, 0.6) is 11.5 Å². The summed E-state index contributed by atoms with van der Waals surface area (Å²) in [6.45, 7) is 6.06. The topological polar surface area (TPSA) is 46.6 Å². The molecule has 1 aliphatic heterocycles. The van der Waals surface area contributed by atoms with Crippen molar-refractivity contribution in [2.24, 2.45) is 0 Å². The van der Waals surface area contributed by atoms with Gasteiger partial charge in [0.15, 0.2) is 0 Å². The Hall–Kier alpha value is -2.11. The molecule has 0 amide bonds. The van der Waals surface area contributed by atoms with Crippen LogP contribution in [0.4, 0.5) is 0 Å². The van der Waals surface area contributed by atoms with Gasteiger partial charge in [0, 0.05) is 44.0 Å². The third kappa shape index (κ3) is 3.37. The van der Waals surface area contributed by atoms with E-state index in [0.29, 0.717) is 0 Å². The van der Waals surface area contributed by atoms with Crippen LogP contribution in [0.15, 0.2) is 36.5 Å². The van der Waals surface area contributed by atoms with Gasteiger partial charge in [0.25, 0.3) is 0 Å². The van der Waals surface area contributed by atoms with Crippen LogP contribution in [-0.4, -0.2) is 50.3 Å². The summed E-state index contributed by atoms with van der Waals surface area (Å²) in [4.78, 5) is 7.17. The van der Waals surface area contributed by atoms with Crippen LogP contribution in [-0.2, 0) is 0 Å². The second-order valence-electron chi connectivity index (χ2n) is 6.00. The van der Waals surface area contributed by atoms with Gasteiger partial charge in [-0.05, 0) is 30.7 Å². The largest absolute Gasteiger partial charge is 0.497 e. The van der Waals surface area contributed by atoms with Crippen molar-refractivity contribution < 1.29 is 9.47 Å². The van der Waals surface area contributed by atoms with Crippen molar-refractivity contribution in [3.05, 3.63) is 53.3 Å². The Morgan fingerprint density at radius 1 is 1.12 bits per heavy atom. The zero-order valence-corrected chi connectivity index (χ0v) is 14.6. The Balaban J connectivity index is 2.09. The Morgan fingerprint density at radius 3 is 2.58 bits per heavy atom. The summed E-state index contributed by atoms with van der Waals surface area (Å²) in [7, 11) is 3.38. The second kappa shape index (κ2) is 7.64. The maximum absolute atomic E-state index is 5.67. The highest BCUT2D eigenvalue weighted by Gasteiger charge is 2.28. The van der Waals surface area contributed by atoms with Gasteiger partial charge in [-0.25, -0.2) is 0 Å². The molecule has 1 aromatic carbocycles. The van der Waals surface area contributed by atoms with Gasteiger partial charge in [0.1, 0.15) is 11.5 Å². The molecule has 3 rings (SSSR count). The molecule has 1 aliphatic rings. The lowest BCUT2D eigenvalue weighted by atomic mass is 9.96. The lowest BCUT2D eigenvalue weighted by Gasteiger charge is -2.36. The van der Waals surface area contributed by atoms with E-state index < -0.39 is 0 Å². The van der Waals surface area contributed by atoms with E-state index in [1.807, 2.05) is 24.4 Å². The van der Waals surface area contributed by atoms with Crippen molar-refractivity contribution >= 4 is 0 Å². The van der Waals surface area contributed by atoms with E-state index in [1.165, 1.54) is 5.56 Å². The molecule has 1 saturated heterocycles. The van der Waals surface area contributed by atoms with E-state index in [2.05, 4.69) is 29.3 Å². The third-order valence-electron chi connectivity index (χ3n) is 4.56. The number of nitrogens with one attached hydrogen (secondary N) is 1. The predicted octanol–water partition coefficient (Wildman–Crippen LogP) is 2.40. The number of hydrogen-bond acceptors (Lipinski definition) is 5. The van der Waals surface area contributed by atoms with E-state index in [-0.39, 0.29) is 6.04 Å². The van der Waals surface area contributed by atoms with Gasteiger partial charge in [-0.15, -0.1) is 0 Å². The molecule has 5 nitrogen and oxygen atoms in total. The summed E-state index contributed by atoms with van der Waals surface area (Å²) < 4.78 is 11.0. The fourth-order valence-corrected chi connectivity index (χ4v) is 3.29. The standard InChI is InChI=1S/C19H25N3O2/c1-14-5-4-8-21-18(14)19(22-11-9-20-10-12-22)16-7-6-15(23-2)13-17(16)24-3/h4-8,13,19-20H,9-12H2,1-3H3. The van der Waals surface area contributed by atoms with Crippen molar-refractivity contribution in [3.8, 4) is 11.5 Å². The summed E-state index contributed by atoms with van der Waals surface area (Å²) in [6, 6.07) is 10.2. The summed E-state index contributed by atoms with van der Waals surface area (Å²) in [6.07, 6.45) is 1.87. The average Bonchev–Trinajstić information content (AvgIpc) is 2.64. The highest BCUT2D eigenvalue weighted by atomic mass is 16.5. The summed E-state index contributed by atoms with van der Waals surface area (Å²) in [5.41, 5.74) is 3.41. The van der Waals surface area contributed by atoms with Gasteiger partial charge in [-0.3, -0.25) is 9.88 Å². The Kier molecular flexibility index (Phi) is 5.33. The molecule has 0 bridgehead atoms. The average molecular weight is 327 g/mol. The van der Waals surface area contributed by atoms with E-state index in [9.17, 15) is 0 Å². The van der Waals surface area contributed by atoms with Crippen molar-refractivity contribution in [1.29, 1.82) is 0 Å². The number of methoxy groups -OCH3 is 2. The minimum atomic E-state index is 0.0779. The van der Waals surface area contributed by atoms with E-state index >= 15 is 0 Å². The molecular weight excluding hydrogens is 302 g/mol. The van der Waals surface area contributed by atoms with Crippen molar-refractivity contribution in [2.45, 2.75) is 13.0 Å². The first-order chi connectivity index (χ1) is 11.7. The number of aromatic nitrogens is 1. The Morgan fingerprint density at radius 2 is 1.92 bits per heavy atom. The molecule has 0 saturated carbocycles. The lowest BCUT2D eigenvalue weighted by Crippen LogP contribution is -2.45. The van der Waals surface area contributed by atoms with E-state index in [1.54, 1.807) is 14.2 Å². The van der Waals surface area contributed by atoms with Crippen LogP contribution in [0.3, 0.4) is 0 Å². The highest BCUT2D eigenvalue weighted by molar-refractivity contribution is 5.46. The second-order valence-corrected chi connectivity index (χ2v) is 6.00. The van der Waals surface area contributed by atoms with Crippen LogP contribution >= 0.6 is 0 Å². The van der Waals surface area contributed by atoms with Crippen LogP contribution in [0.25, 0.3) is 0 Å². The van der Waals surface area contributed by atoms with Gasteiger partial charge < -0.3 is 14.8 Å². The molecule has 0 radical (unpaired) electrons. The van der Waals surface area contributed by atoms with Gasteiger partial charge in [-0.1, -0.05) is 6.07 Å². The van der Waals surface area contributed by atoms with Gasteiger partial charge in [-0.2, -0.15) is 0 Å². The molecule has 1 N–H and O–H groups in total. The van der Waals surface area contributed by atoms with Crippen molar-refractivity contribution in [3.63, 3.8) is 0 Å². The number of piperazine rings is 1. The monoisotopic (exact) mass is 327 g/mol. The zero-order valence-electron chi connectivity index (χ0n) is 14.6. The first-order valence-corrected chi connectivity index (χ1v) is 8.33. The number of rotatable bonds is 5. The van der Waals surface area contributed by atoms with Crippen LogP contribution in [0, 0.1) is 6.92 Å². The number of ether oxygens (including phenoxy) is 2. The van der Waals surface area contributed by atoms with Crippen molar-refractivity contribution in [2.75, 3.05) is 40.4 Å². The van der Waals surface area contributed by atoms with E-state index in [0.717, 1.165) is 48.9 Å². The zero-order chi connectivity index (χ0) is 16.9. The number of hydrogen-bond donors (Lipinski definition) is 1. The molecule has 1 unspecified atom stereocenters. The molecule has 5 heteroatoms. The van der Waals surface area contributed by atoms with Gasteiger partial charge in [0.2, 0.25) is 0 Å². The number of benzene rings is 1. The molecule has 2 heterocycles. The fraction of sp³-hybridized carbons (Fsp3) is 0.421. The molecule has 1 aromatic heterocycles. The molecule has 2 aromatic rings. The van der Waals surface area contributed by atoms with Crippen LogP contribution < -0.4 is 14.8 Å². The van der Waals surface area contributed by atoms with Crippen LogP contribution in [0.1, 0.15) is 22.9 Å². The van der Waals surface area contributed by atoms with Crippen LogP contribution in [0.2, 0.25) is 0 Å². The van der Waals surface area contributed by atoms with Gasteiger partial charge >= 0.3 is 0 Å². The third-order valence-corrected chi connectivity index (χ3v) is 4.56. The first kappa shape index (κ1) is 16.7.